The van der Waals surface area contributed by atoms with Gasteiger partial charge in [0, 0.05) is 30.4 Å². The molecule has 0 spiro atoms. The summed E-state index contributed by atoms with van der Waals surface area (Å²) < 4.78 is 26.8. The second kappa shape index (κ2) is 4.41. The molecule has 0 aromatic carbocycles. The number of rotatable bonds is 2. The van der Waals surface area contributed by atoms with Crippen molar-refractivity contribution in [2.75, 3.05) is 0 Å². The van der Waals surface area contributed by atoms with Gasteiger partial charge in [-0.3, -0.25) is 0 Å². The van der Waals surface area contributed by atoms with Crippen LogP contribution >= 0.6 is 11.6 Å². The molecule has 1 heterocycles. The fourth-order valence-electron chi connectivity index (χ4n) is 2.62. The molecule has 0 amide bonds. The van der Waals surface area contributed by atoms with E-state index in [1.165, 1.54) is 0 Å². The monoisotopic (exact) mass is 272 g/mol. The maximum Gasteiger partial charge on any atom is 0.248 e. The van der Waals surface area contributed by atoms with Crippen LogP contribution in [0.2, 0.25) is 5.15 Å². The largest absolute Gasteiger partial charge is 0.248 e. The summed E-state index contributed by atoms with van der Waals surface area (Å²) in [6, 6.07) is 1.77. The number of hydrogen-bond donors (Lipinski definition) is 0. The molecule has 1 aromatic heterocycles. The summed E-state index contributed by atoms with van der Waals surface area (Å²) in [4.78, 5) is 8.61. The Hall–Kier alpha value is -0.770. The average molecular weight is 273 g/mol. The predicted octanol–water partition coefficient (Wildman–Crippen LogP) is 4.30. The molecule has 18 heavy (non-hydrogen) atoms. The second-order valence-electron chi connectivity index (χ2n) is 5.40. The number of alkyl halides is 2. The standard InChI is InChI=1S/C13H15ClF2N2/c14-11-6-10(8-3-4-8)17-12(18-11)9-2-1-5-13(15,16)7-9/h6,8-9H,1-5,7H2. The third-order valence-corrected chi connectivity index (χ3v) is 3.93. The highest BCUT2D eigenvalue weighted by atomic mass is 35.5. The van der Waals surface area contributed by atoms with Gasteiger partial charge in [-0.15, -0.1) is 0 Å². The van der Waals surface area contributed by atoms with Gasteiger partial charge in [0.25, 0.3) is 0 Å². The van der Waals surface area contributed by atoms with Gasteiger partial charge < -0.3 is 0 Å². The molecule has 0 radical (unpaired) electrons. The van der Waals surface area contributed by atoms with Crippen LogP contribution in [0.5, 0.6) is 0 Å². The van der Waals surface area contributed by atoms with Crippen molar-refractivity contribution in [1.29, 1.82) is 0 Å². The number of aromatic nitrogens is 2. The van der Waals surface area contributed by atoms with E-state index in [4.69, 9.17) is 11.6 Å². The van der Waals surface area contributed by atoms with Gasteiger partial charge in [-0.1, -0.05) is 11.6 Å². The SMILES string of the molecule is FC1(F)CCCC(c2nc(Cl)cc(C3CC3)n2)C1. The molecule has 0 saturated heterocycles. The molecule has 3 rings (SSSR count). The molecule has 2 saturated carbocycles. The molecular weight excluding hydrogens is 258 g/mol. The summed E-state index contributed by atoms with van der Waals surface area (Å²) >= 11 is 5.97. The number of hydrogen-bond acceptors (Lipinski definition) is 2. The fourth-order valence-corrected chi connectivity index (χ4v) is 2.81. The van der Waals surface area contributed by atoms with Gasteiger partial charge in [0.2, 0.25) is 5.92 Å². The summed E-state index contributed by atoms with van der Waals surface area (Å²) in [7, 11) is 0. The van der Waals surface area contributed by atoms with Crippen LogP contribution in [-0.2, 0) is 0 Å². The van der Waals surface area contributed by atoms with Gasteiger partial charge in [0.05, 0.1) is 0 Å². The van der Waals surface area contributed by atoms with Crippen molar-refractivity contribution >= 4 is 11.6 Å². The van der Waals surface area contributed by atoms with Crippen molar-refractivity contribution in [3.8, 4) is 0 Å². The molecule has 1 atom stereocenters. The maximum atomic E-state index is 13.4. The van der Waals surface area contributed by atoms with Crippen LogP contribution < -0.4 is 0 Å². The van der Waals surface area contributed by atoms with Crippen LogP contribution in [0, 0.1) is 0 Å². The van der Waals surface area contributed by atoms with Gasteiger partial charge >= 0.3 is 0 Å². The Morgan fingerprint density at radius 2 is 1.94 bits per heavy atom. The highest BCUT2D eigenvalue weighted by molar-refractivity contribution is 6.29. The van der Waals surface area contributed by atoms with Crippen LogP contribution in [0.25, 0.3) is 0 Å². The van der Waals surface area contributed by atoms with Gasteiger partial charge in [-0.05, 0) is 31.7 Å². The van der Waals surface area contributed by atoms with Crippen molar-refractivity contribution in [1.82, 2.24) is 9.97 Å². The third kappa shape index (κ3) is 2.63. The minimum atomic E-state index is -2.58. The molecule has 0 bridgehead atoms. The molecule has 98 valence electrons. The van der Waals surface area contributed by atoms with Gasteiger partial charge in [-0.25, -0.2) is 18.7 Å². The Balaban J connectivity index is 1.86. The first kappa shape index (κ1) is 12.3. The second-order valence-corrected chi connectivity index (χ2v) is 5.78. The molecule has 2 fully saturated rings. The van der Waals surface area contributed by atoms with Crippen LogP contribution in [0.3, 0.4) is 0 Å². The molecule has 2 aliphatic rings. The lowest BCUT2D eigenvalue weighted by molar-refractivity contribution is -0.0417. The average Bonchev–Trinajstić information content (AvgIpc) is 3.10. The lowest BCUT2D eigenvalue weighted by atomic mass is 9.86. The van der Waals surface area contributed by atoms with E-state index in [-0.39, 0.29) is 18.8 Å². The summed E-state index contributed by atoms with van der Waals surface area (Å²) in [5, 5.41) is 0.385. The van der Waals surface area contributed by atoms with Crippen molar-refractivity contribution in [3.05, 3.63) is 22.7 Å². The molecule has 2 nitrogen and oxygen atoms in total. The van der Waals surface area contributed by atoms with Crippen LogP contribution in [0.15, 0.2) is 6.07 Å². The van der Waals surface area contributed by atoms with Crippen LogP contribution in [-0.4, -0.2) is 15.9 Å². The zero-order valence-corrected chi connectivity index (χ0v) is 10.8. The van der Waals surface area contributed by atoms with E-state index >= 15 is 0 Å². The van der Waals surface area contributed by atoms with Crippen molar-refractivity contribution in [2.24, 2.45) is 0 Å². The minimum Gasteiger partial charge on any atom is -0.237 e. The minimum absolute atomic E-state index is 0.0143. The molecule has 1 unspecified atom stereocenters. The van der Waals surface area contributed by atoms with Crippen LogP contribution in [0.1, 0.15) is 61.9 Å². The highest BCUT2D eigenvalue weighted by Crippen LogP contribution is 2.43. The molecule has 0 aliphatic heterocycles. The normalized spacial score (nSPS) is 27.2. The maximum absolute atomic E-state index is 13.4. The summed E-state index contributed by atoms with van der Waals surface area (Å²) in [5.41, 5.74) is 0.930. The summed E-state index contributed by atoms with van der Waals surface area (Å²) in [6.07, 6.45) is 3.35. The zero-order valence-electron chi connectivity index (χ0n) is 10.0. The predicted molar refractivity (Wildman–Crippen MR) is 65.2 cm³/mol. The first-order chi connectivity index (χ1) is 8.53. The summed E-state index contributed by atoms with van der Waals surface area (Å²) in [6.45, 7) is 0. The van der Waals surface area contributed by atoms with E-state index < -0.39 is 5.92 Å². The van der Waals surface area contributed by atoms with Gasteiger partial charge in [0.15, 0.2) is 0 Å². The Morgan fingerprint density at radius 1 is 1.17 bits per heavy atom. The third-order valence-electron chi connectivity index (χ3n) is 3.73. The number of halogens is 3. The van der Waals surface area contributed by atoms with Crippen LogP contribution in [0.4, 0.5) is 8.78 Å². The summed E-state index contributed by atoms with van der Waals surface area (Å²) in [5.74, 6) is -1.84. The molecule has 2 aliphatic carbocycles. The van der Waals surface area contributed by atoms with Crippen molar-refractivity contribution in [3.63, 3.8) is 0 Å². The van der Waals surface area contributed by atoms with Gasteiger partial charge in [-0.2, -0.15) is 0 Å². The Labute approximate surface area is 110 Å². The molecule has 0 N–H and O–H groups in total. The Morgan fingerprint density at radius 3 is 2.61 bits per heavy atom. The highest BCUT2D eigenvalue weighted by Gasteiger charge is 2.38. The smallest absolute Gasteiger partial charge is 0.237 e. The first-order valence-electron chi connectivity index (χ1n) is 6.46. The van der Waals surface area contributed by atoms with E-state index in [2.05, 4.69) is 9.97 Å². The van der Waals surface area contributed by atoms with E-state index in [0.717, 1.165) is 25.0 Å². The fraction of sp³-hybridized carbons (Fsp3) is 0.692. The van der Waals surface area contributed by atoms with E-state index in [1.54, 1.807) is 6.07 Å². The van der Waals surface area contributed by atoms with Crippen molar-refractivity contribution < 1.29 is 8.78 Å². The lowest BCUT2D eigenvalue weighted by Gasteiger charge is -2.28. The topological polar surface area (TPSA) is 25.8 Å². The Bertz CT molecular complexity index is 460. The quantitative estimate of drug-likeness (QED) is 0.750. The van der Waals surface area contributed by atoms with Crippen molar-refractivity contribution in [2.45, 2.75) is 56.3 Å². The van der Waals surface area contributed by atoms with E-state index in [1.807, 2.05) is 0 Å². The molecule has 5 heteroatoms. The lowest BCUT2D eigenvalue weighted by Crippen LogP contribution is -2.26. The Kier molecular flexibility index (Phi) is 3.00. The zero-order chi connectivity index (χ0) is 12.8. The van der Waals surface area contributed by atoms with E-state index in [9.17, 15) is 8.78 Å². The molecule has 1 aromatic rings. The number of nitrogens with zero attached hydrogens (tertiary/aromatic N) is 2. The van der Waals surface area contributed by atoms with E-state index in [0.29, 0.717) is 23.3 Å². The first-order valence-corrected chi connectivity index (χ1v) is 6.83. The van der Waals surface area contributed by atoms with Gasteiger partial charge in [0.1, 0.15) is 11.0 Å². The molecular formula is C13H15ClF2N2.